The van der Waals surface area contributed by atoms with E-state index in [1.54, 1.807) is 0 Å². The maximum Gasteiger partial charge on any atom is 0.143 e. The van der Waals surface area contributed by atoms with Crippen molar-refractivity contribution in [1.82, 2.24) is 0 Å². The molecule has 0 radical (unpaired) electrons. The average molecular weight is 357 g/mol. The molecule has 0 aliphatic heterocycles. The Kier molecular flexibility index (Phi) is 5.42. The molecule has 21 heavy (non-hydrogen) atoms. The molecule has 0 fully saturated rings. The van der Waals surface area contributed by atoms with Crippen molar-refractivity contribution in [1.29, 1.82) is 0 Å². The number of ether oxygens (including phenoxy) is 1. The summed E-state index contributed by atoms with van der Waals surface area (Å²) in [5, 5.41) is 0.983. The van der Waals surface area contributed by atoms with Gasteiger partial charge < -0.3 is 4.74 Å². The Morgan fingerprint density at radius 3 is 2.71 bits per heavy atom. The van der Waals surface area contributed by atoms with Gasteiger partial charge in [0.25, 0.3) is 0 Å². The molecule has 1 unspecified atom stereocenters. The number of hydrogen-bond donors (Lipinski definition) is 0. The van der Waals surface area contributed by atoms with Crippen LogP contribution in [0.1, 0.15) is 50.2 Å². The lowest BCUT2D eigenvalue weighted by Crippen LogP contribution is -2.37. The fraction of sp³-hybridized carbons (Fsp3) is 0.588. The lowest BCUT2D eigenvalue weighted by molar-refractivity contribution is -0.125. The second-order valence-electron chi connectivity index (χ2n) is 5.89. The van der Waals surface area contributed by atoms with Crippen molar-refractivity contribution in [3.05, 3.63) is 29.1 Å². The molecule has 1 aliphatic carbocycles. The van der Waals surface area contributed by atoms with E-state index < -0.39 is 5.41 Å². The number of methoxy groups -OCH3 is 1. The van der Waals surface area contributed by atoms with Crippen molar-refractivity contribution in [2.45, 2.75) is 50.9 Å². The molecule has 2 nitrogen and oxygen atoms in total. The molecule has 0 saturated heterocycles. The predicted octanol–water partition coefficient (Wildman–Crippen LogP) is 4.56. The molecule has 116 valence electrons. The average Bonchev–Trinajstić information content (AvgIpc) is 2.48. The Hall–Kier alpha value is -0.900. The highest BCUT2D eigenvalue weighted by atomic mass is 79.9. The number of carbonyl (C=O) groups is 1. The molecule has 1 aromatic carbocycles. The van der Waals surface area contributed by atoms with Crippen LogP contribution in [-0.2, 0) is 16.6 Å². The minimum atomic E-state index is -0.574. The first-order chi connectivity index (χ1) is 10.0. The molecule has 4 heteroatoms. The van der Waals surface area contributed by atoms with E-state index in [4.69, 9.17) is 4.74 Å². The Labute approximate surface area is 134 Å². The number of hydrogen-bond acceptors (Lipinski definition) is 2. The second kappa shape index (κ2) is 6.91. The van der Waals surface area contributed by atoms with E-state index >= 15 is 0 Å². The highest BCUT2D eigenvalue weighted by molar-refractivity contribution is 9.09. The Balaban J connectivity index is 2.33. The predicted molar refractivity (Wildman–Crippen MR) is 85.9 cm³/mol. The summed E-state index contributed by atoms with van der Waals surface area (Å²) in [6.07, 6.45) is 4.87. The summed E-state index contributed by atoms with van der Waals surface area (Å²) in [6, 6.07) is 3.26. The van der Waals surface area contributed by atoms with Gasteiger partial charge in [-0.2, -0.15) is 0 Å². The fourth-order valence-electron chi connectivity index (χ4n) is 3.16. The zero-order valence-electron chi connectivity index (χ0n) is 12.7. The van der Waals surface area contributed by atoms with E-state index in [-0.39, 0.29) is 11.6 Å². The summed E-state index contributed by atoms with van der Waals surface area (Å²) < 4.78 is 19.4. The highest BCUT2D eigenvalue weighted by Crippen LogP contribution is 2.41. The standard InChI is InChI=1S/C17H22BrFO2/c1-17(8-4-3-5-9-18)14-10-12(21-2)11-15(19)13(14)6-7-16(17)20/h10-11H,3-9H2,1-2H3. The van der Waals surface area contributed by atoms with Gasteiger partial charge in [-0.15, -0.1) is 0 Å². The molecule has 0 amide bonds. The van der Waals surface area contributed by atoms with Crippen LogP contribution < -0.4 is 4.74 Å². The van der Waals surface area contributed by atoms with Crippen LogP contribution in [0, 0.1) is 5.82 Å². The number of carbonyl (C=O) groups excluding carboxylic acids is 1. The lowest BCUT2D eigenvalue weighted by Gasteiger charge is -2.35. The van der Waals surface area contributed by atoms with Gasteiger partial charge in [-0.25, -0.2) is 4.39 Å². The number of Topliss-reactive ketones (excluding diaryl/α,β-unsaturated/α-hetero) is 1. The molecule has 1 aromatic rings. The monoisotopic (exact) mass is 356 g/mol. The van der Waals surface area contributed by atoms with E-state index in [1.165, 1.54) is 13.2 Å². The number of benzene rings is 1. The van der Waals surface area contributed by atoms with E-state index in [2.05, 4.69) is 15.9 Å². The molecule has 2 rings (SSSR count). The molecular weight excluding hydrogens is 335 g/mol. The number of unbranched alkanes of at least 4 members (excludes halogenated alkanes) is 2. The van der Waals surface area contributed by atoms with E-state index in [0.29, 0.717) is 24.2 Å². The number of halogens is 2. The summed E-state index contributed by atoms with van der Waals surface area (Å²) in [4.78, 5) is 12.5. The van der Waals surface area contributed by atoms with Crippen molar-refractivity contribution in [3.8, 4) is 5.75 Å². The largest absolute Gasteiger partial charge is 0.497 e. The number of ketones is 1. The van der Waals surface area contributed by atoms with Gasteiger partial charge in [0, 0.05) is 17.8 Å². The Morgan fingerprint density at radius 2 is 2.05 bits per heavy atom. The summed E-state index contributed by atoms with van der Waals surface area (Å²) in [7, 11) is 1.53. The molecule has 1 atom stereocenters. The number of rotatable bonds is 6. The van der Waals surface area contributed by atoms with Crippen LogP contribution in [0.2, 0.25) is 0 Å². The topological polar surface area (TPSA) is 26.3 Å². The third-order valence-electron chi connectivity index (χ3n) is 4.53. The number of fused-ring (bicyclic) bond motifs is 1. The molecular formula is C17H22BrFO2. The zero-order chi connectivity index (χ0) is 15.5. The van der Waals surface area contributed by atoms with Gasteiger partial charge in [-0.3, -0.25) is 4.79 Å². The maximum atomic E-state index is 14.2. The summed E-state index contributed by atoms with van der Waals surface area (Å²) >= 11 is 3.42. The van der Waals surface area contributed by atoms with Crippen LogP contribution in [-0.4, -0.2) is 18.2 Å². The summed E-state index contributed by atoms with van der Waals surface area (Å²) in [6.45, 7) is 1.96. The van der Waals surface area contributed by atoms with Gasteiger partial charge >= 0.3 is 0 Å². The molecule has 1 aliphatic rings. The third-order valence-corrected chi connectivity index (χ3v) is 5.09. The SMILES string of the molecule is COc1cc(F)c2c(c1)C(C)(CCCCCBr)C(=O)CC2. The minimum absolute atomic E-state index is 0.224. The maximum absolute atomic E-state index is 14.2. The first-order valence-electron chi connectivity index (χ1n) is 7.49. The summed E-state index contributed by atoms with van der Waals surface area (Å²) in [5.74, 6) is 0.470. The van der Waals surface area contributed by atoms with Crippen LogP contribution in [0.4, 0.5) is 4.39 Å². The van der Waals surface area contributed by atoms with Crippen LogP contribution in [0.3, 0.4) is 0 Å². The second-order valence-corrected chi connectivity index (χ2v) is 6.68. The van der Waals surface area contributed by atoms with Gasteiger partial charge in [0.1, 0.15) is 17.3 Å². The van der Waals surface area contributed by atoms with Gasteiger partial charge in [-0.1, -0.05) is 28.8 Å². The van der Waals surface area contributed by atoms with Crippen molar-refractivity contribution in [2.75, 3.05) is 12.4 Å². The smallest absolute Gasteiger partial charge is 0.143 e. The fourth-order valence-corrected chi connectivity index (χ4v) is 3.56. The van der Waals surface area contributed by atoms with Crippen LogP contribution in [0.5, 0.6) is 5.75 Å². The van der Waals surface area contributed by atoms with Gasteiger partial charge in [0.15, 0.2) is 0 Å². The van der Waals surface area contributed by atoms with Crippen molar-refractivity contribution in [3.63, 3.8) is 0 Å². The lowest BCUT2D eigenvalue weighted by atomic mass is 9.67. The van der Waals surface area contributed by atoms with Crippen LogP contribution in [0.25, 0.3) is 0 Å². The van der Waals surface area contributed by atoms with E-state index in [1.807, 2.05) is 13.0 Å². The normalized spacial score (nSPS) is 21.2. The highest BCUT2D eigenvalue weighted by Gasteiger charge is 2.40. The molecule has 0 saturated carbocycles. The van der Waals surface area contributed by atoms with Crippen LogP contribution in [0.15, 0.2) is 12.1 Å². The van der Waals surface area contributed by atoms with Gasteiger partial charge in [-0.05, 0) is 43.4 Å². The van der Waals surface area contributed by atoms with E-state index in [0.717, 1.165) is 36.6 Å². The molecule has 0 bridgehead atoms. The Bertz CT molecular complexity index is 530. The molecule has 0 N–H and O–H groups in total. The van der Waals surface area contributed by atoms with Gasteiger partial charge in [0.2, 0.25) is 0 Å². The molecule has 0 spiro atoms. The number of alkyl halides is 1. The van der Waals surface area contributed by atoms with Crippen molar-refractivity contribution in [2.24, 2.45) is 0 Å². The minimum Gasteiger partial charge on any atom is -0.497 e. The quantitative estimate of drug-likeness (QED) is 0.551. The molecule has 0 heterocycles. The first kappa shape index (κ1) is 16.5. The van der Waals surface area contributed by atoms with Crippen molar-refractivity contribution >= 4 is 21.7 Å². The molecule has 0 aromatic heterocycles. The van der Waals surface area contributed by atoms with Crippen molar-refractivity contribution < 1.29 is 13.9 Å². The van der Waals surface area contributed by atoms with Gasteiger partial charge in [0.05, 0.1) is 12.5 Å². The third kappa shape index (κ3) is 3.31. The van der Waals surface area contributed by atoms with Crippen LogP contribution >= 0.6 is 15.9 Å². The Morgan fingerprint density at radius 1 is 1.29 bits per heavy atom. The van der Waals surface area contributed by atoms with E-state index in [9.17, 15) is 9.18 Å². The first-order valence-corrected chi connectivity index (χ1v) is 8.61. The summed E-state index contributed by atoms with van der Waals surface area (Å²) in [5.41, 5.74) is 0.947. The zero-order valence-corrected chi connectivity index (χ0v) is 14.3.